The van der Waals surface area contributed by atoms with E-state index < -0.39 is 18.0 Å². The van der Waals surface area contributed by atoms with Crippen LogP contribution in [0.4, 0.5) is 4.79 Å². The molecule has 178 valence electrons. The summed E-state index contributed by atoms with van der Waals surface area (Å²) in [5, 5.41) is 3.90. The zero-order chi connectivity index (χ0) is 23.8. The summed E-state index contributed by atoms with van der Waals surface area (Å²) in [4.78, 5) is 32.1. The Kier molecular flexibility index (Phi) is 7.83. The molecule has 12 heteroatoms. The van der Waals surface area contributed by atoms with Gasteiger partial charge in [-0.25, -0.2) is 14.8 Å². The molecule has 2 unspecified atom stereocenters. The number of nitrogens with two attached hydrogens (primary N) is 1. The molecular weight excluding hydrogens is 460 g/mol. The number of aromatic nitrogens is 4. The Morgan fingerprint density at radius 3 is 2.85 bits per heavy atom. The molecule has 0 spiro atoms. The number of nitrogens with one attached hydrogen (secondary N) is 1. The second-order valence-electron chi connectivity index (χ2n) is 7.48. The molecule has 0 fully saturated rings. The second-order valence-corrected chi connectivity index (χ2v) is 8.27. The molecular formula is C22H24N6O5S. The fourth-order valence-corrected chi connectivity index (χ4v) is 4.28. The molecule has 2 aromatic heterocycles. The summed E-state index contributed by atoms with van der Waals surface area (Å²) in [5.74, 6) is -0.415. The first-order valence-corrected chi connectivity index (χ1v) is 11.4. The third kappa shape index (κ3) is 6.17. The van der Waals surface area contributed by atoms with Crippen molar-refractivity contribution in [1.82, 2.24) is 24.2 Å². The van der Waals surface area contributed by atoms with Crippen molar-refractivity contribution < 1.29 is 23.8 Å². The van der Waals surface area contributed by atoms with E-state index in [9.17, 15) is 9.59 Å². The quantitative estimate of drug-likeness (QED) is 0.238. The molecule has 4 rings (SSSR count). The summed E-state index contributed by atoms with van der Waals surface area (Å²) < 4.78 is 21.4. The van der Waals surface area contributed by atoms with Gasteiger partial charge in [0.05, 0.1) is 6.04 Å². The Bertz CT molecular complexity index is 1120. The number of esters is 1. The topological polar surface area (TPSA) is 143 Å². The first-order chi connectivity index (χ1) is 16.6. The first-order valence-electron chi connectivity index (χ1n) is 10.6. The highest BCUT2D eigenvalue weighted by atomic mass is 32.1. The van der Waals surface area contributed by atoms with E-state index in [1.54, 1.807) is 29.6 Å². The number of carbonyl (C=O) groups excluding carboxylic acids is 2. The highest BCUT2D eigenvalue weighted by molar-refractivity contribution is 7.05. The third-order valence-electron chi connectivity index (χ3n) is 5.13. The molecule has 1 amide bonds. The molecule has 0 bridgehead atoms. The number of benzene rings is 1. The van der Waals surface area contributed by atoms with Gasteiger partial charge in [-0.15, -0.1) is 0 Å². The molecule has 34 heavy (non-hydrogen) atoms. The van der Waals surface area contributed by atoms with Crippen molar-refractivity contribution in [3.05, 3.63) is 71.6 Å². The number of ether oxygens (including phenoxy) is 3. The van der Waals surface area contributed by atoms with Gasteiger partial charge in [0.2, 0.25) is 12.7 Å². The zero-order valence-electron chi connectivity index (χ0n) is 18.2. The minimum atomic E-state index is -1.15. The molecule has 3 N–H and O–H groups in total. The lowest BCUT2D eigenvalue weighted by molar-refractivity contribution is -0.139. The summed E-state index contributed by atoms with van der Waals surface area (Å²) in [5.41, 5.74) is 6.21. The van der Waals surface area contributed by atoms with E-state index in [1.165, 1.54) is 0 Å². The van der Waals surface area contributed by atoms with Gasteiger partial charge in [-0.05, 0) is 42.9 Å². The van der Waals surface area contributed by atoms with E-state index in [2.05, 4.69) is 24.4 Å². The van der Waals surface area contributed by atoms with Crippen LogP contribution in [-0.4, -0.2) is 50.4 Å². The molecule has 2 atom stereocenters. The van der Waals surface area contributed by atoms with Crippen LogP contribution in [0.2, 0.25) is 0 Å². The summed E-state index contributed by atoms with van der Waals surface area (Å²) in [7, 11) is 0. The smallest absolute Gasteiger partial charge is 0.412 e. The lowest BCUT2D eigenvalue weighted by atomic mass is 10.0. The van der Waals surface area contributed by atoms with Crippen LogP contribution in [0.5, 0.6) is 0 Å². The molecule has 0 saturated carbocycles. The van der Waals surface area contributed by atoms with Gasteiger partial charge in [-0.1, -0.05) is 30.3 Å². The number of primary amides is 1. The van der Waals surface area contributed by atoms with Crippen molar-refractivity contribution in [3.8, 4) is 5.95 Å². The molecule has 1 aromatic carbocycles. The number of nitrogens with zero attached hydrogens (tertiary/aromatic N) is 4. The Balaban J connectivity index is 1.39. The highest BCUT2D eigenvalue weighted by Crippen LogP contribution is 2.26. The summed E-state index contributed by atoms with van der Waals surface area (Å²) in [6.45, 7) is 0.769. The predicted octanol–water partition coefficient (Wildman–Crippen LogP) is 2.26. The number of hydrogen-bond acceptors (Lipinski definition) is 10. The van der Waals surface area contributed by atoms with Crippen LogP contribution in [0, 0.1) is 0 Å². The average Bonchev–Trinajstić information content (AvgIpc) is 3.61. The Hall–Kier alpha value is -3.77. The number of imidazole rings is 1. The summed E-state index contributed by atoms with van der Waals surface area (Å²) in [6.07, 6.45) is 7.02. The molecule has 1 aliphatic rings. The van der Waals surface area contributed by atoms with E-state index in [4.69, 9.17) is 15.2 Å². The van der Waals surface area contributed by atoms with Crippen LogP contribution >= 0.6 is 11.5 Å². The average molecular weight is 485 g/mol. The van der Waals surface area contributed by atoms with E-state index in [0.29, 0.717) is 36.8 Å². The Morgan fingerprint density at radius 1 is 1.29 bits per heavy atom. The van der Waals surface area contributed by atoms with E-state index >= 15 is 0 Å². The fourth-order valence-electron chi connectivity index (χ4n) is 3.50. The molecule has 0 aliphatic carbocycles. The van der Waals surface area contributed by atoms with Crippen LogP contribution < -0.4 is 11.1 Å². The zero-order valence-corrected chi connectivity index (χ0v) is 19.0. The maximum Gasteiger partial charge on any atom is 0.412 e. The van der Waals surface area contributed by atoms with Crippen molar-refractivity contribution in [2.24, 2.45) is 5.73 Å². The Morgan fingerprint density at radius 2 is 2.15 bits per heavy atom. The monoisotopic (exact) mass is 484 g/mol. The van der Waals surface area contributed by atoms with Gasteiger partial charge in [0, 0.05) is 12.4 Å². The van der Waals surface area contributed by atoms with Crippen molar-refractivity contribution in [2.75, 3.05) is 13.3 Å². The van der Waals surface area contributed by atoms with E-state index in [1.807, 2.05) is 30.3 Å². The van der Waals surface area contributed by atoms with Gasteiger partial charge in [0.25, 0.3) is 0 Å². The standard InChI is InChI=1S/C22H24N6O5S/c23-21(30)33-20(29)16(19-26-22(27-34-19)28-10-9-24-13-28)7-4-8-25-17(18-12-31-14-32-18)11-15-5-2-1-3-6-15/h1-3,5-6,9-10,12-13,16-17,25H,4,7-8,11,14H2,(H2,23,30). The number of rotatable bonds is 11. The van der Waals surface area contributed by atoms with Crippen molar-refractivity contribution in [2.45, 2.75) is 31.2 Å². The summed E-state index contributed by atoms with van der Waals surface area (Å²) >= 11 is 1.07. The lowest BCUT2D eigenvalue weighted by Crippen LogP contribution is -2.34. The van der Waals surface area contributed by atoms with Gasteiger partial charge in [-0.2, -0.15) is 4.37 Å². The predicted molar refractivity (Wildman–Crippen MR) is 122 cm³/mol. The number of amides is 1. The van der Waals surface area contributed by atoms with Gasteiger partial charge >= 0.3 is 12.1 Å². The van der Waals surface area contributed by atoms with Gasteiger partial charge in [0.15, 0.2) is 5.76 Å². The lowest BCUT2D eigenvalue weighted by Gasteiger charge is -2.19. The first kappa shape index (κ1) is 23.4. The van der Waals surface area contributed by atoms with E-state index in [-0.39, 0.29) is 12.8 Å². The number of carbonyl (C=O) groups is 2. The normalized spacial score (nSPS) is 14.5. The van der Waals surface area contributed by atoms with Crippen molar-refractivity contribution in [1.29, 1.82) is 0 Å². The molecule has 11 nitrogen and oxygen atoms in total. The largest absolute Gasteiger partial charge is 0.462 e. The highest BCUT2D eigenvalue weighted by Gasteiger charge is 2.28. The van der Waals surface area contributed by atoms with Gasteiger partial charge in [-0.3, -0.25) is 9.36 Å². The van der Waals surface area contributed by atoms with E-state index in [0.717, 1.165) is 22.9 Å². The fraction of sp³-hybridized carbons (Fsp3) is 0.318. The van der Waals surface area contributed by atoms with Crippen LogP contribution in [0.1, 0.15) is 29.3 Å². The second kappa shape index (κ2) is 11.4. The molecule has 3 aromatic rings. The molecule has 0 saturated heterocycles. The van der Waals surface area contributed by atoms with Crippen LogP contribution in [-0.2, 0) is 25.4 Å². The summed E-state index contributed by atoms with van der Waals surface area (Å²) in [6, 6.07) is 9.96. The Labute approximate surface area is 199 Å². The van der Waals surface area contributed by atoms with Crippen LogP contribution in [0.15, 0.2) is 61.1 Å². The number of hydrogen-bond donors (Lipinski definition) is 2. The van der Waals surface area contributed by atoms with Crippen molar-refractivity contribution >= 4 is 23.6 Å². The maximum absolute atomic E-state index is 12.6. The molecule has 0 radical (unpaired) electrons. The molecule has 3 heterocycles. The SMILES string of the molecule is NC(=O)OC(=O)C(CCCNC(Cc1ccccc1)C1=COCO1)c1nc(-n2ccnc2)ns1. The maximum atomic E-state index is 12.6. The van der Waals surface area contributed by atoms with Gasteiger partial charge < -0.3 is 25.3 Å². The van der Waals surface area contributed by atoms with Crippen LogP contribution in [0.3, 0.4) is 0 Å². The minimum Gasteiger partial charge on any atom is -0.462 e. The minimum absolute atomic E-state index is 0.0877. The van der Waals surface area contributed by atoms with Crippen molar-refractivity contribution in [3.63, 3.8) is 0 Å². The third-order valence-corrected chi connectivity index (χ3v) is 5.95. The van der Waals surface area contributed by atoms with Gasteiger partial charge in [0.1, 0.15) is 23.5 Å². The van der Waals surface area contributed by atoms with Crippen LogP contribution in [0.25, 0.3) is 5.95 Å². The molecule has 1 aliphatic heterocycles.